The molecule has 0 aliphatic carbocycles. The summed E-state index contributed by atoms with van der Waals surface area (Å²) >= 11 is 0. The van der Waals surface area contributed by atoms with Gasteiger partial charge in [-0.1, -0.05) is 0 Å². The first-order chi connectivity index (χ1) is 15.7. The van der Waals surface area contributed by atoms with Gasteiger partial charge in [-0.25, -0.2) is 18.7 Å². The molecule has 1 aromatic carbocycles. The summed E-state index contributed by atoms with van der Waals surface area (Å²) in [5.41, 5.74) is 8.15. The van der Waals surface area contributed by atoms with Gasteiger partial charge in [-0.05, 0) is 55.8 Å². The van der Waals surface area contributed by atoms with Gasteiger partial charge in [0.1, 0.15) is 12.1 Å². The van der Waals surface area contributed by atoms with E-state index in [1.807, 2.05) is 19.9 Å². The maximum absolute atomic E-state index is 13.6. The molecule has 1 atom stereocenters. The molecule has 0 saturated carbocycles. The molecule has 8 nitrogen and oxygen atoms in total. The zero-order valence-electron chi connectivity index (χ0n) is 18.4. The van der Waals surface area contributed by atoms with Crippen LogP contribution in [-0.2, 0) is 13.6 Å². The van der Waals surface area contributed by atoms with E-state index in [-0.39, 0.29) is 18.0 Å². The molecule has 10 heteroatoms. The number of carbonyl (C=O) groups excluding carboxylic acids is 1. The normalized spacial score (nSPS) is 12.3. The van der Waals surface area contributed by atoms with Crippen molar-refractivity contribution in [3.63, 3.8) is 0 Å². The lowest BCUT2D eigenvalue weighted by Crippen LogP contribution is -2.34. The van der Waals surface area contributed by atoms with E-state index >= 15 is 0 Å². The summed E-state index contributed by atoms with van der Waals surface area (Å²) in [4.78, 5) is 27.9. The number of hydrogen-bond donors (Lipinski definition) is 1. The topological polar surface area (TPSA) is 103 Å². The number of halogens is 2. The average molecular weight is 451 g/mol. The minimum absolute atomic E-state index is 0.0961. The molecule has 0 fully saturated rings. The van der Waals surface area contributed by atoms with E-state index in [4.69, 9.17) is 5.73 Å². The van der Waals surface area contributed by atoms with E-state index in [0.29, 0.717) is 28.4 Å². The Bertz CT molecular complexity index is 1300. The number of amides is 1. The lowest BCUT2D eigenvalue weighted by atomic mass is 10.1. The molecule has 4 rings (SSSR count). The number of carbonyl (C=O) groups is 1. The van der Waals surface area contributed by atoms with E-state index in [9.17, 15) is 13.6 Å². The van der Waals surface area contributed by atoms with Gasteiger partial charge in [-0.2, -0.15) is 5.10 Å². The monoisotopic (exact) mass is 451 g/mol. The van der Waals surface area contributed by atoms with Crippen molar-refractivity contribution in [2.75, 3.05) is 5.73 Å². The molecule has 1 amide bonds. The zero-order chi connectivity index (χ0) is 23.7. The Kier molecular flexibility index (Phi) is 5.99. The molecule has 170 valence electrons. The van der Waals surface area contributed by atoms with E-state index in [0.717, 1.165) is 17.1 Å². The Hall–Kier alpha value is -3.95. The molecule has 0 aliphatic heterocycles. The van der Waals surface area contributed by atoms with Crippen molar-refractivity contribution in [1.82, 2.24) is 29.6 Å². The summed E-state index contributed by atoms with van der Waals surface area (Å²) in [5, 5.41) is 5.11. The van der Waals surface area contributed by atoms with Gasteiger partial charge < -0.3 is 10.6 Å². The van der Waals surface area contributed by atoms with Crippen molar-refractivity contribution in [1.29, 1.82) is 0 Å². The third-order valence-corrected chi connectivity index (χ3v) is 5.44. The second-order valence-electron chi connectivity index (χ2n) is 7.87. The van der Waals surface area contributed by atoms with Crippen LogP contribution in [0.3, 0.4) is 0 Å². The van der Waals surface area contributed by atoms with Crippen LogP contribution < -0.4 is 5.73 Å². The first-order valence-corrected chi connectivity index (χ1v) is 10.3. The number of aromatic nitrogens is 5. The van der Waals surface area contributed by atoms with Gasteiger partial charge in [-0.15, -0.1) is 0 Å². The van der Waals surface area contributed by atoms with Crippen molar-refractivity contribution < 1.29 is 13.6 Å². The lowest BCUT2D eigenvalue weighted by molar-refractivity contribution is 0.0663. The molecule has 2 N–H and O–H groups in total. The molecule has 4 aromatic rings. The molecule has 3 aromatic heterocycles. The third-order valence-electron chi connectivity index (χ3n) is 5.44. The number of pyridine rings is 2. The molecule has 0 saturated heterocycles. The van der Waals surface area contributed by atoms with Crippen LogP contribution in [0.2, 0.25) is 0 Å². The summed E-state index contributed by atoms with van der Waals surface area (Å²) in [6.07, 6.45) is 0.0740. The number of hydrogen-bond acceptors (Lipinski definition) is 6. The lowest BCUT2D eigenvalue weighted by Gasteiger charge is -2.27. The highest BCUT2D eigenvalue weighted by Crippen LogP contribution is 2.25. The third kappa shape index (κ3) is 4.64. The van der Waals surface area contributed by atoms with Gasteiger partial charge in [0.15, 0.2) is 5.82 Å². The number of nitrogen functional groups attached to an aromatic ring is 1. The fourth-order valence-electron chi connectivity index (χ4n) is 3.50. The standard InChI is InChI=1S/C23H23F2N7O/c1-13-8-17-9-15(5-7-19(17)29-21(13)26)23(33)32(14(2)22-28-12-31(3)30-22)11-18-6-4-16(10-27-18)20(24)25/h4-10,12,14,20H,11H2,1-3H3,(H2,26,29)/t14-/m1/s1. The molecule has 0 aliphatic rings. The molecule has 0 bridgehead atoms. The Morgan fingerprint density at radius 2 is 1.97 bits per heavy atom. The van der Waals surface area contributed by atoms with Crippen LogP contribution in [0.5, 0.6) is 0 Å². The van der Waals surface area contributed by atoms with Crippen molar-refractivity contribution in [2.45, 2.75) is 32.9 Å². The van der Waals surface area contributed by atoms with Crippen LogP contribution >= 0.6 is 0 Å². The van der Waals surface area contributed by atoms with Crippen LogP contribution in [0, 0.1) is 6.92 Å². The Balaban J connectivity index is 1.70. The largest absolute Gasteiger partial charge is 0.383 e. The van der Waals surface area contributed by atoms with Crippen molar-refractivity contribution in [3.8, 4) is 0 Å². The molecule has 0 spiro atoms. The number of benzene rings is 1. The highest BCUT2D eigenvalue weighted by atomic mass is 19.3. The molecule has 0 radical (unpaired) electrons. The molecule has 3 heterocycles. The fraction of sp³-hybridized carbons (Fsp3) is 0.261. The van der Waals surface area contributed by atoms with Crippen LogP contribution in [0.4, 0.5) is 14.6 Å². The molecular weight excluding hydrogens is 428 g/mol. The second kappa shape index (κ2) is 8.89. The Morgan fingerprint density at radius 1 is 1.18 bits per heavy atom. The highest BCUT2D eigenvalue weighted by molar-refractivity contribution is 5.98. The average Bonchev–Trinajstić information content (AvgIpc) is 3.23. The Labute approximate surface area is 189 Å². The molecule has 0 unspecified atom stereocenters. The van der Waals surface area contributed by atoms with Gasteiger partial charge in [0.2, 0.25) is 0 Å². The summed E-state index contributed by atoms with van der Waals surface area (Å²) in [6.45, 7) is 3.76. The number of fused-ring (bicyclic) bond motifs is 1. The zero-order valence-corrected chi connectivity index (χ0v) is 18.4. The smallest absolute Gasteiger partial charge is 0.265 e. The number of alkyl halides is 2. The van der Waals surface area contributed by atoms with E-state index in [1.54, 1.807) is 41.2 Å². The van der Waals surface area contributed by atoms with E-state index in [2.05, 4.69) is 20.1 Å². The number of nitrogens with two attached hydrogens (primary N) is 1. The van der Waals surface area contributed by atoms with Crippen molar-refractivity contribution in [3.05, 3.63) is 77.1 Å². The summed E-state index contributed by atoms with van der Waals surface area (Å²) < 4.78 is 27.4. The summed E-state index contributed by atoms with van der Waals surface area (Å²) in [6, 6.07) is 9.40. The van der Waals surface area contributed by atoms with Gasteiger partial charge in [-0.3, -0.25) is 14.5 Å². The minimum Gasteiger partial charge on any atom is -0.383 e. The van der Waals surface area contributed by atoms with Crippen LogP contribution in [0.1, 0.15) is 52.4 Å². The predicted molar refractivity (Wildman–Crippen MR) is 119 cm³/mol. The molecule has 33 heavy (non-hydrogen) atoms. The Morgan fingerprint density at radius 3 is 2.61 bits per heavy atom. The van der Waals surface area contributed by atoms with Crippen molar-refractivity contribution >= 4 is 22.6 Å². The van der Waals surface area contributed by atoms with Crippen LogP contribution in [-0.4, -0.2) is 35.5 Å². The summed E-state index contributed by atoms with van der Waals surface area (Å²) in [7, 11) is 1.74. The van der Waals surface area contributed by atoms with Gasteiger partial charge in [0, 0.05) is 29.8 Å². The maximum Gasteiger partial charge on any atom is 0.265 e. The van der Waals surface area contributed by atoms with Gasteiger partial charge in [0.05, 0.1) is 23.8 Å². The SMILES string of the molecule is Cc1cc2cc(C(=O)N(Cc3ccc(C(F)F)cn3)[C@H](C)c3ncn(C)n3)ccc2nc1N. The fourth-order valence-corrected chi connectivity index (χ4v) is 3.50. The first kappa shape index (κ1) is 22.3. The van der Waals surface area contributed by atoms with Crippen molar-refractivity contribution in [2.24, 2.45) is 7.05 Å². The summed E-state index contributed by atoms with van der Waals surface area (Å²) in [5.74, 6) is 0.628. The van der Waals surface area contributed by atoms with E-state index < -0.39 is 12.5 Å². The first-order valence-electron chi connectivity index (χ1n) is 10.3. The van der Waals surface area contributed by atoms with Crippen LogP contribution in [0.25, 0.3) is 10.9 Å². The van der Waals surface area contributed by atoms with Crippen LogP contribution in [0.15, 0.2) is 48.9 Å². The number of aryl methyl sites for hydroxylation is 2. The minimum atomic E-state index is -2.61. The molecular formula is C23H23F2N7O. The predicted octanol–water partition coefficient (Wildman–Crippen LogP) is 3.99. The number of rotatable bonds is 6. The van der Waals surface area contributed by atoms with Gasteiger partial charge in [0.25, 0.3) is 12.3 Å². The number of anilines is 1. The highest BCUT2D eigenvalue weighted by Gasteiger charge is 2.26. The quantitative estimate of drug-likeness (QED) is 0.476. The van der Waals surface area contributed by atoms with Gasteiger partial charge >= 0.3 is 0 Å². The van der Waals surface area contributed by atoms with E-state index in [1.165, 1.54) is 12.1 Å². The maximum atomic E-state index is 13.6. The number of nitrogens with zero attached hydrogens (tertiary/aromatic N) is 6. The second-order valence-corrected chi connectivity index (χ2v) is 7.87.